The fraction of sp³-hybridized carbons (Fsp3) is 0.562. The van der Waals surface area contributed by atoms with Crippen molar-refractivity contribution in [2.24, 2.45) is 0 Å². The van der Waals surface area contributed by atoms with Crippen molar-refractivity contribution < 1.29 is 4.79 Å². The Labute approximate surface area is 120 Å². The van der Waals surface area contributed by atoms with Gasteiger partial charge in [-0.3, -0.25) is 9.69 Å². The highest BCUT2D eigenvalue weighted by molar-refractivity contribution is 5.94. The Morgan fingerprint density at radius 3 is 2.50 bits per heavy atom. The van der Waals surface area contributed by atoms with E-state index in [1.807, 2.05) is 11.0 Å². The smallest absolute Gasteiger partial charge is 0.253 e. The molecule has 1 fully saturated rings. The molecule has 1 amide bonds. The Balaban J connectivity index is 1.68. The van der Waals surface area contributed by atoms with Gasteiger partial charge in [-0.1, -0.05) is 6.07 Å². The minimum absolute atomic E-state index is 0.183. The zero-order valence-electron chi connectivity index (χ0n) is 12.4. The van der Waals surface area contributed by atoms with Gasteiger partial charge >= 0.3 is 0 Å². The molecular weight excluding hydrogens is 250 g/mol. The molecule has 0 aliphatic carbocycles. The largest absolute Gasteiger partial charge is 0.336 e. The first kappa shape index (κ1) is 13.6. The molecule has 4 heteroatoms. The summed E-state index contributed by atoms with van der Waals surface area (Å²) >= 11 is 0. The molecule has 108 valence electrons. The van der Waals surface area contributed by atoms with E-state index in [2.05, 4.69) is 36.2 Å². The summed E-state index contributed by atoms with van der Waals surface area (Å²) in [5.41, 5.74) is 3.44. The fourth-order valence-corrected chi connectivity index (χ4v) is 3.05. The number of carbonyl (C=O) groups is 1. The zero-order chi connectivity index (χ0) is 14.1. The van der Waals surface area contributed by atoms with Crippen molar-refractivity contribution in [1.29, 1.82) is 0 Å². The van der Waals surface area contributed by atoms with Crippen LogP contribution in [0.4, 0.5) is 0 Å². The van der Waals surface area contributed by atoms with Gasteiger partial charge in [0.15, 0.2) is 0 Å². The normalized spacial score (nSPS) is 19.4. The van der Waals surface area contributed by atoms with Crippen molar-refractivity contribution in [2.45, 2.75) is 33.0 Å². The number of amides is 1. The molecule has 1 saturated heterocycles. The predicted octanol–water partition coefficient (Wildman–Crippen LogP) is 1.46. The lowest BCUT2D eigenvalue weighted by molar-refractivity contribution is 0.0595. The number of fused-ring (bicyclic) bond motifs is 1. The van der Waals surface area contributed by atoms with Gasteiger partial charge < -0.3 is 10.2 Å². The van der Waals surface area contributed by atoms with Gasteiger partial charge in [-0.2, -0.15) is 0 Å². The summed E-state index contributed by atoms with van der Waals surface area (Å²) < 4.78 is 0. The molecule has 3 rings (SSSR count). The lowest BCUT2D eigenvalue weighted by atomic mass is 10.1. The Morgan fingerprint density at radius 1 is 1.10 bits per heavy atom. The van der Waals surface area contributed by atoms with Crippen LogP contribution in [0.15, 0.2) is 18.2 Å². The lowest BCUT2D eigenvalue weighted by Gasteiger charge is -2.37. The maximum Gasteiger partial charge on any atom is 0.253 e. The van der Waals surface area contributed by atoms with Gasteiger partial charge in [0.2, 0.25) is 0 Å². The highest BCUT2D eigenvalue weighted by Crippen LogP contribution is 2.19. The van der Waals surface area contributed by atoms with Crippen molar-refractivity contribution in [3.05, 3.63) is 34.9 Å². The summed E-state index contributed by atoms with van der Waals surface area (Å²) in [5, 5.41) is 3.32. The average molecular weight is 273 g/mol. The van der Waals surface area contributed by atoms with Gasteiger partial charge in [0.25, 0.3) is 5.91 Å². The number of benzene rings is 1. The molecule has 0 bridgehead atoms. The number of piperazine rings is 1. The van der Waals surface area contributed by atoms with E-state index >= 15 is 0 Å². The highest BCUT2D eigenvalue weighted by Gasteiger charge is 2.24. The van der Waals surface area contributed by atoms with Crippen LogP contribution in [-0.4, -0.2) is 47.9 Å². The summed E-state index contributed by atoms with van der Waals surface area (Å²) in [5.74, 6) is 0.183. The molecule has 1 aromatic rings. The zero-order valence-corrected chi connectivity index (χ0v) is 12.4. The van der Waals surface area contributed by atoms with Crippen LogP contribution in [0.2, 0.25) is 0 Å². The number of rotatable bonds is 2. The second kappa shape index (κ2) is 5.54. The molecule has 0 atom stereocenters. The van der Waals surface area contributed by atoms with E-state index in [0.29, 0.717) is 6.04 Å². The van der Waals surface area contributed by atoms with Crippen LogP contribution in [0, 0.1) is 0 Å². The van der Waals surface area contributed by atoms with Crippen molar-refractivity contribution >= 4 is 5.91 Å². The number of nitrogens with zero attached hydrogens (tertiary/aromatic N) is 2. The molecular formula is C16H23N3O. The molecule has 1 aromatic carbocycles. The van der Waals surface area contributed by atoms with E-state index in [1.165, 1.54) is 11.1 Å². The second-order valence-corrected chi connectivity index (χ2v) is 6.01. The van der Waals surface area contributed by atoms with Crippen molar-refractivity contribution in [2.75, 3.05) is 26.2 Å². The number of nitrogens with one attached hydrogen (secondary N) is 1. The van der Waals surface area contributed by atoms with E-state index in [9.17, 15) is 4.79 Å². The minimum atomic E-state index is 0.183. The average Bonchev–Trinajstić information content (AvgIpc) is 2.94. The number of carbonyl (C=O) groups excluding carboxylic acids is 1. The predicted molar refractivity (Wildman–Crippen MR) is 79.6 cm³/mol. The minimum Gasteiger partial charge on any atom is -0.336 e. The quantitative estimate of drug-likeness (QED) is 0.886. The van der Waals surface area contributed by atoms with E-state index in [-0.39, 0.29) is 5.91 Å². The van der Waals surface area contributed by atoms with Gasteiger partial charge in [0.1, 0.15) is 0 Å². The molecule has 0 spiro atoms. The van der Waals surface area contributed by atoms with Gasteiger partial charge in [0, 0.05) is 50.9 Å². The van der Waals surface area contributed by atoms with Crippen LogP contribution in [0.1, 0.15) is 35.3 Å². The van der Waals surface area contributed by atoms with Gasteiger partial charge in [-0.05, 0) is 37.1 Å². The lowest BCUT2D eigenvalue weighted by Crippen LogP contribution is -2.50. The van der Waals surface area contributed by atoms with Crippen LogP contribution < -0.4 is 5.32 Å². The topological polar surface area (TPSA) is 35.6 Å². The molecule has 0 saturated carbocycles. The molecule has 4 nitrogen and oxygen atoms in total. The summed E-state index contributed by atoms with van der Waals surface area (Å²) in [6.45, 7) is 9.88. The Morgan fingerprint density at radius 2 is 1.80 bits per heavy atom. The molecule has 2 heterocycles. The van der Waals surface area contributed by atoms with E-state index in [0.717, 1.165) is 44.8 Å². The van der Waals surface area contributed by atoms with E-state index in [1.54, 1.807) is 0 Å². The van der Waals surface area contributed by atoms with Gasteiger partial charge in [0.05, 0.1) is 0 Å². The first-order valence-electron chi connectivity index (χ1n) is 7.51. The molecule has 1 N–H and O–H groups in total. The van der Waals surface area contributed by atoms with Gasteiger partial charge in [-0.15, -0.1) is 0 Å². The second-order valence-electron chi connectivity index (χ2n) is 6.01. The third kappa shape index (κ3) is 2.58. The standard InChI is InChI=1S/C16H23N3O/c1-12(2)18-5-7-19(8-6-18)16(20)13-3-4-14-10-17-11-15(14)9-13/h3-4,9,12,17H,5-8,10-11H2,1-2H3. The SMILES string of the molecule is CC(C)N1CCN(C(=O)c2ccc3c(c2)CNC3)CC1. The highest BCUT2D eigenvalue weighted by atomic mass is 16.2. The van der Waals surface area contributed by atoms with Gasteiger partial charge in [-0.25, -0.2) is 0 Å². The summed E-state index contributed by atoms with van der Waals surface area (Å²) in [4.78, 5) is 17.0. The van der Waals surface area contributed by atoms with Crippen LogP contribution in [0.3, 0.4) is 0 Å². The fourth-order valence-electron chi connectivity index (χ4n) is 3.05. The van der Waals surface area contributed by atoms with Crippen molar-refractivity contribution in [3.63, 3.8) is 0 Å². The van der Waals surface area contributed by atoms with Crippen LogP contribution in [0.25, 0.3) is 0 Å². The molecule has 2 aliphatic rings. The van der Waals surface area contributed by atoms with Crippen LogP contribution in [-0.2, 0) is 13.1 Å². The molecule has 2 aliphatic heterocycles. The summed E-state index contributed by atoms with van der Waals surface area (Å²) in [7, 11) is 0. The van der Waals surface area contributed by atoms with Crippen molar-refractivity contribution in [3.8, 4) is 0 Å². The Kier molecular flexibility index (Phi) is 3.76. The summed E-state index contributed by atoms with van der Waals surface area (Å²) in [6.07, 6.45) is 0. The Hall–Kier alpha value is -1.39. The number of hydrogen-bond donors (Lipinski definition) is 1. The number of hydrogen-bond acceptors (Lipinski definition) is 3. The molecule has 0 radical (unpaired) electrons. The molecule has 0 unspecified atom stereocenters. The van der Waals surface area contributed by atoms with E-state index in [4.69, 9.17) is 0 Å². The molecule has 20 heavy (non-hydrogen) atoms. The van der Waals surface area contributed by atoms with Crippen LogP contribution >= 0.6 is 0 Å². The maximum absolute atomic E-state index is 12.6. The third-order valence-electron chi connectivity index (χ3n) is 4.42. The maximum atomic E-state index is 12.6. The Bertz CT molecular complexity index is 504. The van der Waals surface area contributed by atoms with E-state index < -0.39 is 0 Å². The molecule has 0 aromatic heterocycles. The summed E-state index contributed by atoms with van der Waals surface area (Å²) in [6, 6.07) is 6.70. The first-order valence-corrected chi connectivity index (χ1v) is 7.51. The third-order valence-corrected chi connectivity index (χ3v) is 4.42. The monoisotopic (exact) mass is 273 g/mol. The van der Waals surface area contributed by atoms with Crippen LogP contribution in [0.5, 0.6) is 0 Å². The van der Waals surface area contributed by atoms with Crippen molar-refractivity contribution in [1.82, 2.24) is 15.1 Å². The first-order chi connectivity index (χ1) is 9.65.